The lowest BCUT2D eigenvalue weighted by molar-refractivity contribution is -0.119. The molecule has 0 fully saturated rings. The second-order valence-corrected chi connectivity index (χ2v) is 7.75. The first-order valence-corrected chi connectivity index (χ1v) is 9.38. The van der Waals surface area contributed by atoms with Crippen LogP contribution in [-0.4, -0.2) is 36.6 Å². The Labute approximate surface area is 151 Å². The molecule has 0 aliphatic carbocycles. The molecule has 2 rings (SSSR count). The van der Waals surface area contributed by atoms with Crippen LogP contribution in [0.3, 0.4) is 0 Å². The molecule has 0 saturated heterocycles. The van der Waals surface area contributed by atoms with Crippen molar-refractivity contribution in [3.63, 3.8) is 0 Å². The molecule has 2 aromatic rings. The van der Waals surface area contributed by atoms with E-state index in [2.05, 4.69) is 25.2 Å². The molecule has 1 aromatic carbocycles. The number of sulfonamides is 1. The van der Waals surface area contributed by atoms with Crippen LogP contribution in [0.25, 0.3) is 0 Å². The van der Waals surface area contributed by atoms with Crippen molar-refractivity contribution in [2.45, 2.75) is 38.1 Å². The van der Waals surface area contributed by atoms with Gasteiger partial charge in [0.15, 0.2) is 0 Å². The van der Waals surface area contributed by atoms with E-state index in [1.807, 2.05) is 0 Å². The Hall–Kier alpha value is -2.59. The smallest absolute Gasteiger partial charge is 0.275 e. The number of hydrogen-bond donors (Lipinski definition) is 3. The summed E-state index contributed by atoms with van der Waals surface area (Å²) < 4.78 is 26.4. The van der Waals surface area contributed by atoms with E-state index < -0.39 is 21.6 Å². The summed E-state index contributed by atoms with van der Waals surface area (Å²) >= 11 is 0. The molecular formula is C16H21N5O4S. The van der Waals surface area contributed by atoms with Gasteiger partial charge >= 0.3 is 0 Å². The molecule has 0 bridgehead atoms. The van der Waals surface area contributed by atoms with E-state index in [0.717, 1.165) is 0 Å². The fourth-order valence-electron chi connectivity index (χ4n) is 2.46. The first-order chi connectivity index (χ1) is 12.1. The zero-order chi connectivity index (χ0) is 19.5. The Morgan fingerprint density at radius 1 is 1.31 bits per heavy atom. The zero-order valence-corrected chi connectivity index (χ0v) is 15.8. The molecule has 3 N–H and O–H groups in total. The van der Waals surface area contributed by atoms with Crippen molar-refractivity contribution >= 4 is 15.9 Å². The van der Waals surface area contributed by atoms with Gasteiger partial charge in [0.05, 0.1) is 10.9 Å². The molecule has 1 aromatic heterocycles. The van der Waals surface area contributed by atoms with E-state index in [4.69, 9.17) is 0 Å². The number of hydrogen-bond acceptors (Lipinski definition) is 6. The summed E-state index contributed by atoms with van der Waals surface area (Å²) in [5.74, 6) is 0.0196. The molecule has 10 heteroatoms. The molecular weight excluding hydrogens is 358 g/mol. The molecule has 140 valence electrons. The van der Waals surface area contributed by atoms with Crippen molar-refractivity contribution in [3.05, 3.63) is 51.2 Å². The number of H-pyrrole nitrogens is 1. The van der Waals surface area contributed by atoms with Crippen molar-refractivity contribution in [2.75, 3.05) is 7.05 Å². The Bertz CT molecular complexity index is 984. The fourth-order valence-corrected chi connectivity index (χ4v) is 3.48. The Morgan fingerprint density at radius 3 is 2.58 bits per heavy atom. The van der Waals surface area contributed by atoms with E-state index >= 15 is 0 Å². The molecule has 9 nitrogen and oxygen atoms in total. The SMILES string of the molecule is CNS(=O)(=O)c1cc(Cc2nnc(C(C)NC(C)=O)c(=O)[nH]2)ccc1C. The molecule has 1 amide bonds. The number of amides is 1. The van der Waals surface area contributed by atoms with Crippen molar-refractivity contribution < 1.29 is 13.2 Å². The Morgan fingerprint density at radius 2 is 2.00 bits per heavy atom. The van der Waals surface area contributed by atoms with Crippen LogP contribution in [-0.2, 0) is 21.2 Å². The standard InChI is InChI=1S/C16H21N5O4S/c1-9-5-6-12(7-13(9)26(24,25)17-4)8-14-19-16(23)15(21-20-14)10(2)18-11(3)22/h5-7,10,17H,8H2,1-4H3,(H,18,22)(H,19,20,23). The van der Waals surface area contributed by atoms with Gasteiger partial charge in [-0.15, -0.1) is 10.2 Å². The summed E-state index contributed by atoms with van der Waals surface area (Å²) in [6, 6.07) is 4.43. The van der Waals surface area contributed by atoms with E-state index in [9.17, 15) is 18.0 Å². The van der Waals surface area contributed by atoms with Crippen molar-refractivity contribution in [2.24, 2.45) is 0 Å². The molecule has 1 heterocycles. The summed E-state index contributed by atoms with van der Waals surface area (Å²) in [7, 11) is -2.23. The van der Waals surface area contributed by atoms with Gasteiger partial charge < -0.3 is 10.3 Å². The van der Waals surface area contributed by atoms with E-state index in [1.165, 1.54) is 20.0 Å². The lowest BCUT2D eigenvalue weighted by atomic mass is 10.1. The molecule has 0 saturated carbocycles. The summed E-state index contributed by atoms with van der Waals surface area (Å²) in [6.07, 6.45) is 0.212. The summed E-state index contributed by atoms with van der Waals surface area (Å²) in [5, 5.41) is 10.4. The summed E-state index contributed by atoms with van der Waals surface area (Å²) in [6.45, 7) is 4.68. The van der Waals surface area contributed by atoms with Crippen LogP contribution < -0.4 is 15.6 Å². The second kappa shape index (κ2) is 7.75. The number of benzene rings is 1. The number of rotatable bonds is 6. The lowest BCUT2D eigenvalue weighted by Gasteiger charge is -2.11. The number of nitrogens with zero attached hydrogens (tertiary/aromatic N) is 2. The number of aryl methyl sites for hydroxylation is 1. The van der Waals surface area contributed by atoms with Gasteiger partial charge in [0.1, 0.15) is 11.5 Å². The van der Waals surface area contributed by atoms with Crippen LogP contribution in [0.15, 0.2) is 27.9 Å². The topological polar surface area (TPSA) is 134 Å². The molecule has 0 aliphatic rings. The van der Waals surface area contributed by atoms with Gasteiger partial charge in [-0.25, -0.2) is 13.1 Å². The number of carbonyl (C=O) groups is 1. The number of aromatic amines is 1. The third-order valence-electron chi connectivity index (χ3n) is 3.78. The summed E-state index contributed by atoms with van der Waals surface area (Å²) in [4.78, 5) is 26.0. The maximum Gasteiger partial charge on any atom is 0.275 e. The number of aromatic nitrogens is 3. The highest BCUT2D eigenvalue weighted by atomic mass is 32.2. The van der Waals surface area contributed by atoms with Crippen molar-refractivity contribution in [3.8, 4) is 0 Å². The van der Waals surface area contributed by atoms with Crippen LogP contribution in [0, 0.1) is 6.92 Å². The van der Waals surface area contributed by atoms with E-state index in [-0.39, 0.29) is 22.9 Å². The van der Waals surface area contributed by atoms with E-state index in [0.29, 0.717) is 17.0 Å². The second-order valence-electron chi connectivity index (χ2n) is 5.89. The largest absolute Gasteiger partial charge is 0.348 e. The van der Waals surface area contributed by atoms with Gasteiger partial charge in [-0.3, -0.25) is 9.59 Å². The molecule has 26 heavy (non-hydrogen) atoms. The van der Waals surface area contributed by atoms with Gasteiger partial charge in [-0.2, -0.15) is 0 Å². The van der Waals surface area contributed by atoms with E-state index in [1.54, 1.807) is 26.0 Å². The molecule has 0 radical (unpaired) electrons. The van der Waals surface area contributed by atoms with Crippen LogP contribution in [0.4, 0.5) is 0 Å². The predicted octanol–water partition coefficient (Wildman–Crippen LogP) is 0.169. The minimum atomic E-state index is -3.58. The third-order valence-corrected chi connectivity index (χ3v) is 5.34. The summed E-state index contributed by atoms with van der Waals surface area (Å²) in [5.41, 5.74) is 0.928. The Kier molecular flexibility index (Phi) is 5.88. The molecule has 1 atom stereocenters. The molecule has 1 unspecified atom stereocenters. The first kappa shape index (κ1) is 19.7. The van der Waals surface area contributed by atoms with Gasteiger partial charge in [-0.05, 0) is 38.1 Å². The highest BCUT2D eigenvalue weighted by Gasteiger charge is 2.17. The van der Waals surface area contributed by atoms with Crippen molar-refractivity contribution in [1.29, 1.82) is 0 Å². The lowest BCUT2D eigenvalue weighted by Crippen LogP contribution is -2.31. The minimum absolute atomic E-state index is 0.103. The fraction of sp³-hybridized carbons (Fsp3) is 0.375. The number of nitrogens with one attached hydrogen (secondary N) is 3. The maximum atomic E-state index is 12.2. The quantitative estimate of drug-likeness (QED) is 0.655. The monoisotopic (exact) mass is 379 g/mol. The highest BCUT2D eigenvalue weighted by molar-refractivity contribution is 7.89. The molecule has 0 spiro atoms. The predicted molar refractivity (Wildman–Crippen MR) is 95.1 cm³/mol. The average Bonchev–Trinajstić information content (AvgIpc) is 2.55. The van der Waals surface area contributed by atoms with Crippen LogP contribution in [0.5, 0.6) is 0 Å². The highest BCUT2D eigenvalue weighted by Crippen LogP contribution is 2.18. The van der Waals surface area contributed by atoms with Crippen LogP contribution in [0.1, 0.15) is 42.5 Å². The maximum absolute atomic E-state index is 12.2. The normalized spacial score (nSPS) is 12.6. The minimum Gasteiger partial charge on any atom is -0.348 e. The molecule has 0 aliphatic heterocycles. The van der Waals surface area contributed by atoms with Gasteiger partial charge in [0, 0.05) is 13.3 Å². The zero-order valence-electron chi connectivity index (χ0n) is 15.0. The van der Waals surface area contributed by atoms with Crippen molar-refractivity contribution in [1.82, 2.24) is 25.2 Å². The van der Waals surface area contributed by atoms with Gasteiger partial charge in [0.2, 0.25) is 15.9 Å². The van der Waals surface area contributed by atoms with Crippen LogP contribution >= 0.6 is 0 Å². The van der Waals surface area contributed by atoms with Crippen LogP contribution in [0.2, 0.25) is 0 Å². The van der Waals surface area contributed by atoms with Gasteiger partial charge in [0.25, 0.3) is 5.56 Å². The third kappa shape index (κ3) is 4.52. The van der Waals surface area contributed by atoms with Gasteiger partial charge in [-0.1, -0.05) is 12.1 Å². The average molecular weight is 379 g/mol. The first-order valence-electron chi connectivity index (χ1n) is 7.90. The number of carbonyl (C=O) groups excluding carboxylic acids is 1. The Balaban J connectivity index is 2.30.